The largest absolute Gasteiger partial charge is 0.381 e. The van der Waals surface area contributed by atoms with Crippen molar-refractivity contribution in [3.8, 4) is 11.1 Å². The van der Waals surface area contributed by atoms with Gasteiger partial charge in [0.25, 0.3) is 0 Å². The average molecular weight is 380 g/mol. The Balaban J connectivity index is 1.83. The van der Waals surface area contributed by atoms with Crippen molar-refractivity contribution >= 4 is 17.5 Å². The first kappa shape index (κ1) is 19.5. The molecule has 1 amide bonds. The molecule has 4 N–H and O–H groups in total. The smallest absolute Gasteiger partial charge is 0.248 e. The molecule has 2 heterocycles. The summed E-state index contributed by atoms with van der Waals surface area (Å²) in [6, 6.07) is 7.93. The SMILES string of the molecule is Cc1cc(Nc2nccc(C(C)C)n2)cc(-c2cnn(C[C@H](O)C(N)=O)c2)c1. The van der Waals surface area contributed by atoms with Crippen LogP contribution in [0.5, 0.6) is 0 Å². The lowest BCUT2D eigenvalue weighted by molar-refractivity contribution is -0.126. The van der Waals surface area contributed by atoms with Crippen LogP contribution in [0.2, 0.25) is 0 Å². The first-order valence-electron chi connectivity index (χ1n) is 9.03. The number of aromatic nitrogens is 4. The second kappa shape index (κ2) is 8.18. The van der Waals surface area contributed by atoms with Gasteiger partial charge in [-0.2, -0.15) is 5.10 Å². The Labute approximate surface area is 163 Å². The van der Waals surface area contributed by atoms with E-state index in [1.807, 2.05) is 31.2 Å². The first-order chi connectivity index (χ1) is 13.3. The van der Waals surface area contributed by atoms with Crippen LogP contribution in [-0.4, -0.2) is 36.9 Å². The number of anilines is 2. The Morgan fingerprint density at radius 3 is 2.79 bits per heavy atom. The predicted octanol–water partition coefficient (Wildman–Crippen LogP) is 2.36. The van der Waals surface area contributed by atoms with Crippen LogP contribution in [0.25, 0.3) is 11.1 Å². The molecule has 3 rings (SSSR count). The third-order valence-electron chi connectivity index (χ3n) is 4.26. The minimum absolute atomic E-state index is 0.0160. The Kier molecular flexibility index (Phi) is 5.70. The van der Waals surface area contributed by atoms with Crippen LogP contribution >= 0.6 is 0 Å². The molecule has 146 valence electrons. The molecular weight excluding hydrogens is 356 g/mol. The Bertz CT molecular complexity index is 982. The highest BCUT2D eigenvalue weighted by atomic mass is 16.3. The number of hydrogen-bond donors (Lipinski definition) is 3. The number of primary amides is 1. The van der Waals surface area contributed by atoms with Crippen molar-refractivity contribution in [2.45, 2.75) is 39.3 Å². The molecule has 1 atom stereocenters. The maximum atomic E-state index is 11.0. The van der Waals surface area contributed by atoms with E-state index in [9.17, 15) is 9.90 Å². The Morgan fingerprint density at radius 1 is 1.29 bits per heavy atom. The van der Waals surface area contributed by atoms with Crippen LogP contribution in [0.4, 0.5) is 11.6 Å². The number of carbonyl (C=O) groups excluding carboxylic acids is 1. The molecule has 28 heavy (non-hydrogen) atoms. The van der Waals surface area contributed by atoms with Crippen molar-refractivity contribution in [2.75, 3.05) is 5.32 Å². The highest BCUT2D eigenvalue weighted by Crippen LogP contribution is 2.26. The molecule has 0 saturated heterocycles. The van der Waals surface area contributed by atoms with E-state index in [0.29, 0.717) is 11.9 Å². The van der Waals surface area contributed by atoms with Crippen LogP contribution in [0.3, 0.4) is 0 Å². The van der Waals surface area contributed by atoms with E-state index in [1.165, 1.54) is 4.68 Å². The number of nitrogens with one attached hydrogen (secondary N) is 1. The van der Waals surface area contributed by atoms with Gasteiger partial charge in [-0.15, -0.1) is 0 Å². The molecule has 1 aromatic carbocycles. The first-order valence-corrected chi connectivity index (χ1v) is 9.03. The van der Waals surface area contributed by atoms with Gasteiger partial charge in [-0.05, 0) is 42.2 Å². The Hall–Kier alpha value is -3.26. The molecule has 0 aliphatic rings. The number of nitrogens with two attached hydrogens (primary N) is 1. The predicted molar refractivity (Wildman–Crippen MR) is 107 cm³/mol. The lowest BCUT2D eigenvalue weighted by atomic mass is 10.1. The lowest BCUT2D eigenvalue weighted by Gasteiger charge is -2.10. The van der Waals surface area contributed by atoms with Gasteiger partial charge < -0.3 is 16.2 Å². The minimum atomic E-state index is -1.27. The van der Waals surface area contributed by atoms with Crippen molar-refractivity contribution in [3.63, 3.8) is 0 Å². The fraction of sp³-hybridized carbons (Fsp3) is 0.300. The van der Waals surface area contributed by atoms with Gasteiger partial charge in [-0.25, -0.2) is 9.97 Å². The summed E-state index contributed by atoms with van der Waals surface area (Å²) in [5.41, 5.74) is 9.80. The molecule has 3 aromatic rings. The van der Waals surface area contributed by atoms with Gasteiger partial charge in [-0.1, -0.05) is 19.9 Å². The summed E-state index contributed by atoms with van der Waals surface area (Å²) in [6.45, 7) is 6.19. The fourth-order valence-electron chi connectivity index (χ4n) is 2.79. The van der Waals surface area contributed by atoms with Gasteiger partial charge in [-0.3, -0.25) is 9.48 Å². The highest BCUT2D eigenvalue weighted by molar-refractivity contribution is 5.78. The topological polar surface area (TPSA) is 119 Å². The summed E-state index contributed by atoms with van der Waals surface area (Å²) in [5.74, 6) is 0.0870. The van der Waals surface area contributed by atoms with Crippen molar-refractivity contribution in [2.24, 2.45) is 5.73 Å². The van der Waals surface area contributed by atoms with Crippen LogP contribution in [0.1, 0.15) is 31.0 Å². The zero-order valence-corrected chi connectivity index (χ0v) is 16.1. The van der Waals surface area contributed by atoms with Gasteiger partial charge in [0, 0.05) is 29.3 Å². The third-order valence-corrected chi connectivity index (χ3v) is 4.26. The summed E-state index contributed by atoms with van der Waals surface area (Å²) in [7, 11) is 0. The maximum absolute atomic E-state index is 11.0. The van der Waals surface area contributed by atoms with E-state index in [1.54, 1.807) is 18.6 Å². The number of aliphatic hydroxyl groups is 1. The zero-order valence-electron chi connectivity index (χ0n) is 16.1. The van der Waals surface area contributed by atoms with E-state index >= 15 is 0 Å². The number of nitrogens with zero attached hydrogens (tertiary/aromatic N) is 4. The van der Waals surface area contributed by atoms with Gasteiger partial charge in [0.1, 0.15) is 0 Å². The van der Waals surface area contributed by atoms with E-state index in [0.717, 1.165) is 28.1 Å². The molecule has 0 aliphatic carbocycles. The summed E-state index contributed by atoms with van der Waals surface area (Å²) >= 11 is 0. The van der Waals surface area contributed by atoms with Crippen molar-refractivity contribution in [3.05, 3.63) is 54.1 Å². The van der Waals surface area contributed by atoms with Gasteiger partial charge in [0.05, 0.1) is 12.7 Å². The lowest BCUT2D eigenvalue weighted by Crippen LogP contribution is -2.32. The number of benzene rings is 1. The van der Waals surface area contributed by atoms with E-state index in [-0.39, 0.29) is 6.54 Å². The molecule has 8 nitrogen and oxygen atoms in total. The molecule has 0 fully saturated rings. The molecule has 0 aliphatic heterocycles. The van der Waals surface area contributed by atoms with E-state index in [2.05, 4.69) is 34.2 Å². The van der Waals surface area contributed by atoms with E-state index < -0.39 is 12.0 Å². The van der Waals surface area contributed by atoms with Crippen LogP contribution < -0.4 is 11.1 Å². The van der Waals surface area contributed by atoms with E-state index in [4.69, 9.17) is 5.73 Å². The van der Waals surface area contributed by atoms with Crippen molar-refractivity contribution < 1.29 is 9.90 Å². The number of amides is 1. The third kappa shape index (κ3) is 4.72. The number of rotatable bonds is 7. The molecule has 2 aromatic heterocycles. The number of aliphatic hydroxyl groups excluding tert-OH is 1. The molecule has 0 bridgehead atoms. The van der Waals surface area contributed by atoms with Crippen molar-refractivity contribution in [1.82, 2.24) is 19.7 Å². The zero-order chi connectivity index (χ0) is 20.3. The van der Waals surface area contributed by atoms with Gasteiger partial charge in [0.15, 0.2) is 6.10 Å². The van der Waals surface area contributed by atoms with Crippen LogP contribution in [-0.2, 0) is 11.3 Å². The molecule has 0 saturated carbocycles. The van der Waals surface area contributed by atoms with Gasteiger partial charge >= 0.3 is 0 Å². The number of carbonyl (C=O) groups is 1. The molecule has 0 unspecified atom stereocenters. The monoisotopic (exact) mass is 380 g/mol. The average Bonchev–Trinajstić information content (AvgIpc) is 3.10. The normalized spacial score (nSPS) is 12.2. The van der Waals surface area contributed by atoms with Gasteiger partial charge in [0.2, 0.25) is 11.9 Å². The number of aryl methyl sites for hydroxylation is 1. The second-order valence-corrected chi connectivity index (χ2v) is 7.04. The number of hydrogen-bond acceptors (Lipinski definition) is 6. The minimum Gasteiger partial charge on any atom is -0.381 e. The second-order valence-electron chi connectivity index (χ2n) is 7.04. The quantitative estimate of drug-likeness (QED) is 0.579. The van der Waals surface area contributed by atoms with Crippen LogP contribution in [0, 0.1) is 6.92 Å². The molecule has 0 spiro atoms. The molecule has 8 heteroatoms. The summed E-state index contributed by atoms with van der Waals surface area (Å²) in [6.07, 6.45) is 3.92. The fourth-order valence-corrected chi connectivity index (χ4v) is 2.79. The maximum Gasteiger partial charge on any atom is 0.248 e. The van der Waals surface area contributed by atoms with Crippen LogP contribution in [0.15, 0.2) is 42.9 Å². The molecular formula is C20H24N6O2. The highest BCUT2D eigenvalue weighted by Gasteiger charge is 2.13. The van der Waals surface area contributed by atoms with Crippen molar-refractivity contribution in [1.29, 1.82) is 0 Å². The summed E-state index contributed by atoms with van der Waals surface area (Å²) in [5, 5.41) is 17.1. The summed E-state index contributed by atoms with van der Waals surface area (Å²) < 4.78 is 1.50. The Morgan fingerprint density at radius 2 is 2.07 bits per heavy atom. The summed E-state index contributed by atoms with van der Waals surface area (Å²) in [4.78, 5) is 19.9. The molecule has 0 radical (unpaired) electrons. The standard InChI is InChI=1S/C20H24N6O2/c1-12(2)17-4-5-22-20(25-17)24-16-7-13(3)6-14(8-16)15-9-23-26(10-15)11-18(27)19(21)28/h4-10,12,18,27H,11H2,1-3H3,(H2,21,28)(H,22,24,25)/t18-/m0/s1.